The molecule has 0 spiro atoms. The summed E-state index contributed by atoms with van der Waals surface area (Å²) in [6, 6.07) is 10.7. The third-order valence-electron chi connectivity index (χ3n) is 2.75. The van der Waals surface area contributed by atoms with Gasteiger partial charge in [0.05, 0.1) is 0 Å². The quantitative estimate of drug-likeness (QED) is 0.465. The summed E-state index contributed by atoms with van der Waals surface area (Å²) in [5.74, 6) is -2.01. The molecular formula is C16H12F2OS. The zero-order chi connectivity index (χ0) is 14.5. The number of allylic oxidation sites excluding steroid dienone is 1. The third kappa shape index (κ3) is 3.54. The smallest absolute Gasteiger partial charge is 0.185 e. The Morgan fingerprint density at radius 3 is 2.35 bits per heavy atom. The van der Waals surface area contributed by atoms with E-state index in [1.807, 2.05) is 18.4 Å². The van der Waals surface area contributed by atoms with Gasteiger partial charge in [-0.05, 0) is 54.3 Å². The highest BCUT2D eigenvalue weighted by molar-refractivity contribution is 7.98. The maximum absolute atomic E-state index is 13.0. The molecular weight excluding hydrogens is 278 g/mol. The van der Waals surface area contributed by atoms with Crippen molar-refractivity contribution in [2.45, 2.75) is 4.90 Å². The normalized spacial score (nSPS) is 10.9. The Balaban J connectivity index is 2.13. The summed E-state index contributed by atoms with van der Waals surface area (Å²) in [5, 5.41) is 0. The van der Waals surface area contributed by atoms with Crippen LogP contribution in [0.4, 0.5) is 8.78 Å². The second kappa shape index (κ2) is 6.48. The van der Waals surface area contributed by atoms with Gasteiger partial charge in [0.25, 0.3) is 0 Å². The van der Waals surface area contributed by atoms with Gasteiger partial charge in [-0.1, -0.05) is 12.1 Å². The molecule has 1 nitrogen and oxygen atoms in total. The Hall–Kier alpha value is -1.94. The number of carbonyl (C=O) groups excluding carboxylic acids is 1. The molecule has 0 aromatic heterocycles. The van der Waals surface area contributed by atoms with Crippen molar-refractivity contribution in [3.05, 3.63) is 71.3 Å². The number of thioether (sulfide) groups is 1. The molecule has 0 atom stereocenters. The number of rotatable bonds is 4. The number of hydrogen-bond donors (Lipinski definition) is 0. The van der Waals surface area contributed by atoms with Crippen LogP contribution in [0, 0.1) is 11.6 Å². The van der Waals surface area contributed by atoms with Crippen LogP contribution in [0.15, 0.2) is 53.4 Å². The molecule has 0 unspecified atom stereocenters. The van der Waals surface area contributed by atoms with E-state index in [0.29, 0.717) is 11.1 Å². The first-order valence-electron chi connectivity index (χ1n) is 5.91. The average Bonchev–Trinajstić information content (AvgIpc) is 2.48. The van der Waals surface area contributed by atoms with Crippen molar-refractivity contribution in [1.82, 2.24) is 0 Å². The fourth-order valence-electron chi connectivity index (χ4n) is 1.64. The van der Waals surface area contributed by atoms with E-state index in [4.69, 9.17) is 0 Å². The molecule has 0 amide bonds. The third-order valence-corrected chi connectivity index (χ3v) is 3.49. The van der Waals surface area contributed by atoms with E-state index in [2.05, 4.69) is 0 Å². The van der Waals surface area contributed by atoms with Gasteiger partial charge in [-0.15, -0.1) is 11.8 Å². The van der Waals surface area contributed by atoms with Crippen LogP contribution in [0.2, 0.25) is 0 Å². The zero-order valence-electron chi connectivity index (χ0n) is 10.8. The van der Waals surface area contributed by atoms with Crippen LogP contribution in [0.5, 0.6) is 0 Å². The van der Waals surface area contributed by atoms with Gasteiger partial charge in [-0.3, -0.25) is 4.79 Å². The Bertz CT molecular complexity index is 648. The van der Waals surface area contributed by atoms with Gasteiger partial charge in [0.1, 0.15) is 0 Å². The summed E-state index contributed by atoms with van der Waals surface area (Å²) in [4.78, 5) is 13.0. The van der Waals surface area contributed by atoms with Gasteiger partial charge in [0.15, 0.2) is 17.4 Å². The van der Waals surface area contributed by atoms with Crippen LogP contribution >= 0.6 is 11.8 Å². The average molecular weight is 290 g/mol. The number of ketones is 1. The van der Waals surface area contributed by atoms with Gasteiger partial charge in [-0.25, -0.2) is 8.78 Å². The molecule has 0 aliphatic heterocycles. The van der Waals surface area contributed by atoms with E-state index in [0.717, 1.165) is 17.0 Å². The predicted molar refractivity (Wildman–Crippen MR) is 77.9 cm³/mol. The number of benzene rings is 2. The van der Waals surface area contributed by atoms with Crippen LogP contribution in [-0.4, -0.2) is 12.0 Å². The monoisotopic (exact) mass is 290 g/mol. The summed E-state index contributed by atoms with van der Waals surface area (Å²) in [7, 11) is 0. The topological polar surface area (TPSA) is 17.1 Å². The molecule has 0 fully saturated rings. The van der Waals surface area contributed by atoms with E-state index < -0.39 is 11.6 Å². The minimum Gasteiger partial charge on any atom is -0.289 e. The van der Waals surface area contributed by atoms with Gasteiger partial charge >= 0.3 is 0 Å². The zero-order valence-corrected chi connectivity index (χ0v) is 11.6. The Morgan fingerprint density at radius 1 is 1.05 bits per heavy atom. The second-order valence-corrected chi connectivity index (χ2v) is 4.98. The van der Waals surface area contributed by atoms with E-state index >= 15 is 0 Å². The van der Waals surface area contributed by atoms with Crippen LogP contribution in [0.25, 0.3) is 6.08 Å². The highest BCUT2D eigenvalue weighted by Crippen LogP contribution is 2.16. The molecule has 4 heteroatoms. The van der Waals surface area contributed by atoms with Crippen LogP contribution in [0.3, 0.4) is 0 Å². The highest BCUT2D eigenvalue weighted by atomic mass is 32.2. The number of halogens is 2. The molecule has 20 heavy (non-hydrogen) atoms. The first kappa shape index (κ1) is 14.5. The minimum atomic E-state index is -0.927. The van der Waals surface area contributed by atoms with Gasteiger partial charge in [0.2, 0.25) is 0 Å². The lowest BCUT2D eigenvalue weighted by molar-refractivity contribution is 0.104. The summed E-state index contributed by atoms with van der Waals surface area (Å²) in [6.07, 6.45) is 4.77. The van der Waals surface area contributed by atoms with Gasteiger partial charge < -0.3 is 0 Å². The lowest BCUT2D eigenvalue weighted by Crippen LogP contribution is -1.93. The van der Waals surface area contributed by atoms with Crippen LogP contribution < -0.4 is 0 Å². The number of carbonyl (C=O) groups is 1. The van der Waals surface area contributed by atoms with Crippen molar-refractivity contribution < 1.29 is 13.6 Å². The lowest BCUT2D eigenvalue weighted by atomic mass is 10.1. The van der Waals surface area contributed by atoms with Crippen molar-refractivity contribution >= 4 is 23.6 Å². The summed E-state index contributed by atoms with van der Waals surface area (Å²) >= 11 is 1.60. The van der Waals surface area contributed by atoms with Crippen molar-refractivity contribution in [2.24, 2.45) is 0 Å². The number of hydrogen-bond acceptors (Lipinski definition) is 2. The molecule has 0 aliphatic carbocycles. The van der Waals surface area contributed by atoms with Crippen LogP contribution in [-0.2, 0) is 0 Å². The van der Waals surface area contributed by atoms with Crippen molar-refractivity contribution in [2.75, 3.05) is 6.26 Å². The molecule has 0 heterocycles. The maximum Gasteiger partial charge on any atom is 0.185 e. The minimum absolute atomic E-state index is 0.178. The largest absolute Gasteiger partial charge is 0.289 e. The summed E-state index contributed by atoms with van der Waals surface area (Å²) in [6.45, 7) is 0. The lowest BCUT2D eigenvalue weighted by Gasteiger charge is -1.99. The fourth-order valence-corrected chi connectivity index (χ4v) is 2.05. The second-order valence-electron chi connectivity index (χ2n) is 4.10. The Kier molecular flexibility index (Phi) is 4.69. The van der Waals surface area contributed by atoms with Gasteiger partial charge in [-0.2, -0.15) is 0 Å². The predicted octanol–water partition coefficient (Wildman–Crippen LogP) is 4.58. The summed E-state index contributed by atoms with van der Waals surface area (Å²) < 4.78 is 25.8. The first-order valence-corrected chi connectivity index (χ1v) is 7.14. The Morgan fingerprint density at radius 2 is 1.75 bits per heavy atom. The highest BCUT2D eigenvalue weighted by Gasteiger charge is 2.03. The molecule has 2 rings (SSSR count). The first-order chi connectivity index (χ1) is 9.60. The van der Waals surface area contributed by atoms with E-state index in [1.54, 1.807) is 23.9 Å². The molecule has 0 aliphatic rings. The standard InChI is InChI=1S/C16H12F2OS/c1-20-13-6-4-12(5-7-13)16(19)9-3-11-2-8-14(17)15(18)10-11/h2-10H,1H3/b9-3+. The molecule has 0 saturated carbocycles. The van der Waals surface area contributed by atoms with Crippen molar-refractivity contribution in [3.63, 3.8) is 0 Å². The van der Waals surface area contributed by atoms with Crippen LogP contribution in [0.1, 0.15) is 15.9 Å². The molecule has 102 valence electrons. The fraction of sp³-hybridized carbons (Fsp3) is 0.0625. The Labute approximate surface area is 120 Å². The summed E-state index contributed by atoms with van der Waals surface area (Å²) in [5.41, 5.74) is 1.000. The van der Waals surface area contributed by atoms with E-state index in [9.17, 15) is 13.6 Å². The molecule has 0 radical (unpaired) electrons. The SMILES string of the molecule is CSc1ccc(C(=O)/C=C/c2ccc(F)c(F)c2)cc1. The molecule has 0 saturated heterocycles. The van der Waals surface area contributed by atoms with Crippen molar-refractivity contribution in [1.29, 1.82) is 0 Å². The van der Waals surface area contributed by atoms with Crippen molar-refractivity contribution in [3.8, 4) is 0 Å². The van der Waals surface area contributed by atoms with E-state index in [1.165, 1.54) is 18.2 Å². The van der Waals surface area contributed by atoms with Gasteiger partial charge in [0, 0.05) is 10.5 Å². The molecule has 0 bridgehead atoms. The molecule has 2 aromatic carbocycles. The molecule has 2 aromatic rings. The maximum atomic E-state index is 13.0. The molecule has 0 N–H and O–H groups in total. The van der Waals surface area contributed by atoms with E-state index in [-0.39, 0.29) is 5.78 Å².